The van der Waals surface area contributed by atoms with E-state index in [0.29, 0.717) is 46.3 Å². The third-order valence-electron chi connectivity index (χ3n) is 6.04. The van der Waals surface area contributed by atoms with E-state index in [2.05, 4.69) is 34.8 Å². The Bertz CT molecular complexity index is 1270. The summed E-state index contributed by atoms with van der Waals surface area (Å²) in [4.78, 5) is 15.3. The van der Waals surface area contributed by atoms with E-state index in [0.717, 1.165) is 17.5 Å². The summed E-state index contributed by atoms with van der Waals surface area (Å²) in [5, 5.41) is 8.98. The number of benzene rings is 2. The van der Waals surface area contributed by atoms with Crippen LogP contribution in [-0.2, 0) is 22.5 Å². The fourth-order valence-electron chi connectivity index (χ4n) is 4.32. The smallest absolute Gasteiger partial charge is 0.341 e. The van der Waals surface area contributed by atoms with Crippen molar-refractivity contribution in [2.24, 2.45) is 0 Å². The predicted octanol–water partition coefficient (Wildman–Crippen LogP) is 5.90. The van der Waals surface area contributed by atoms with E-state index in [1.807, 2.05) is 30.3 Å². The number of aliphatic carboxylic acids is 1. The number of aromatic nitrogens is 1. The zero-order valence-corrected chi connectivity index (χ0v) is 22.3. The molecule has 0 amide bonds. The maximum atomic E-state index is 12.4. The van der Waals surface area contributed by atoms with Crippen molar-refractivity contribution in [3.05, 3.63) is 75.9 Å². The number of hydrogen-bond donors (Lipinski definition) is 1. The van der Waals surface area contributed by atoms with E-state index >= 15 is 0 Å². The first-order valence-corrected chi connectivity index (χ1v) is 13.4. The number of fused-ring (bicyclic) bond motifs is 1. The van der Waals surface area contributed by atoms with E-state index < -0.39 is 29.9 Å². The Morgan fingerprint density at radius 1 is 1.28 bits per heavy atom. The Hall–Kier alpha value is -2.95. The van der Waals surface area contributed by atoms with Crippen molar-refractivity contribution in [2.75, 3.05) is 10.9 Å². The van der Waals surface area contributed by atoms with E-state index in [9.17, 15) is 13.6 Å². The topological polar surface area (TPSA) is 112 Å². The van der Waals surface area contributed by atoms with Crippen LogP contribution in [-0.4, -0.2) is 31.4 Å². The Morgan fingerprint density at radius 3 is 2.67 bits per heavy atom. The standard InChI is InChI=1S/C26H27BrN2O6S/c1-16(2)17-9-11-19(12-10-17)35-26-22(27)13-18(14-28-26)29(36(32)33)23-7-3-6-21-20(23)5-4-8-24(21)34-15-25(30)31/h4-5,8-14,16,23H,3,6-7,15H2,1-2H3,(H,30,31)(H,32,33)/p-1. The van der Waals surface area contributed by atoms with E-state index in [4.69, 9.17) is 14.6 Å². The number of rotatable bonds is 9. The molecule has 0 saturated carbocycles. The van der Waals surface area contributed by atoms with Gasteiger partial charge in [0.05, 0.1) is 22.4 Å². The van der Waals surface area contributed by atoms with Crippen molar-refractivity contribution in [3.63, 3.8) is 0 Å². The molecule has 2 unspecified atom stereocenters. The molecule has 0 aliphatic heterocycles. The summed E-state index contributed by atoms with van der Waals surface area (Å²) in [6, 6.07) is 14.2. The van der Waals surface area contributed by atoms with Crippen LogP contribution in [0.3, 0.4) is 0 Å². The number of pyridine rings is 1. The number of carbonyl (C=O) groups is 1. The lowest BCUT2D eigenvalue weighted by molar-refractivity contribution is -0.139. The van der Waals surface area contributed by atoms with Gasteiger partial charge in [-0.25, -0.2) is 9.78 Å². The first-order chi connectivity index (χ1) is 17.2. The second-order valence-electron chi connectivity index (χ2n) is 8.76. The summed E-state index contributed by atoms with van der Waals surface area (Å²) in [5.41, 5.74) is 3.19. The quantitative estimate of drug-likeness (QED) is 0.317. The highest BCUT2D eigenvalue weighted by Gasteiger charge is 2.30. The van der Waals surface area contributed by atoms with E-state index in [1.165, 1.54) is 16.1 Å². The van der Waals surface area contributed by atoms with Crippen LogP contribution in [0.5, 0.6) is 17.4 Å². The number of carboxylic acid groups (broad SMARTS) is 1. The van der Waals surface area contributed by atoms with Gasteiger partial charge in [0.25, 0.3) is 0 Å². The lowest BCUT2D eigenvalue weighted by atomic mass is 9.87. The number of halogens is 1. The SMILES string of the molecule is CC(C)c1ccc(Oc2ncc(N(C3CCCc4c(OCC(=O)O)cccc43)S(=O)[O-])cc2Br)cc1. The Balaban J connectivity index is 1.61. The third-order valence-corrected chi connectivity index (χ3v) is 7.39. The summed E-state index contributed by atoms with van der Waals surface area (Å²) >= 11 is 0.880. The van der Waals surface area contributed by atoms with Gasteiger partial charge in [-0.2, -0.15) is 0 Å². The van der Waals surface area contributed by atoms with Crippen LogP contribution in [0.15, 0.2) is 59.2 Å². The van der Waals surface area contributed by atoms with Gasteiger partial charge >= 0.3 is 5.97 Å². The molecule has 1 aliphatic carbocycles. The third kappa shape index (κ3) is 5.88. The molecule has 10 heteroatoms. The summed E-state index contributed by atoms with van der Waals surface area (Å²) in [5.74, 6) is 0.742. The van der Waals surface area contributed by atoms with Crippen molar-refractivity contribution in [1.82, 2.24) is 4.98 Å². The van der Waals surface area contributed by atoms with Crippen molar-refractivity contribution in [1.29, 1.82) is 0 Å². The van der Waals surface area contributed by atoms with Gasteiger partial charge in [-0.1, -0.05) is 38.1 Å². The first-order valence-electron chi connectivity index (χ1n) is 11.5. The highest BCUT2D eigenvalue weighted by Crippen LogP contribution is 2.42. The van der Waals surface area contributed by atoms with Crippen LogP contribution in [0.2, 0.25) is 0 Å². The molecule has 0 saturated heterocycles. The molecule has 8 nitrogen and oxygen atoms in total. The highest BCUT2D eigenvalue weighted by atomic mass is 79.9. The zero-order chi connectivity index (χ0) is 25.8. The number of nitrogens with zero attached hydrogens (tertiary/aromatic N) is 2. The summed E-state index contributed by atoms with van der Waals surface area (Å²) in [6.45, 7) is 3.77. The minimum absolute atomic E-state index is 0.320. The van der Waals surface area contributed by atoms with Crippen molar-refractivity contribution in [2.45, 2.75) is 45.1 Å². The molecule has 3 aromatic rings. The van der Waals surface area contributed by atoms with Gasteiger partial charge in [0.15, 0.2) is 6.61 Å². The van der Waals surface area contributed by atoms with Crippen LogP contribution in [0.1, 0.15) is 55.3 Å². The molecular formula is C26H26BrN2O6S-. The summed E-state index contributed by atoms with van der Waals surface area (Å²) < 4.78 is 38.0. The zero-order valence-electron chi connectivity index (χ0n) is 19.8. The average molecular weight is 574 g/mol. The molecule has 2 aromatic carbocycles. The van der Waals surface area contributed by atoms with Gasteiger partial charge < -0.3 is 19.1 Å². The van der Waals surface area contributed by atoms with Crippen molar-refractivity contribution in [3.8, 4) is 17.4 Å². The van der Waals surface area contributed by atoms with E-state index in [-0.39, 0.29) is 0 Å². The molecule has 0 fully saturated rings. The van der Waals surface area contributed by atoms with Crippen LogP contribution < -0.4 is 13.8 Å². The highest BCUT2D eigenvalue weighted by molar-refractivity contribution is 9.10. The minimum atomic E-state index is -2.59. The van der Waals surface area contributed by atoms with Crippen LogP contribution in [0.25, 0.3) is 0 Å². The largest absolute Gasteiger partial charge is 0.755 e. The van der Waals surface area contributed by atoms with Gasteiger partial charge in [-0.05, 0) is 82.1 Å². The van der Waals surface area contributed by atoms with Gasteiger partial charge in [0, 0.05) is 11.3 Å². The Kier molecular flexibility index (Phi) is 8.28. The number of carboxylic acids is 1. The first kappa shape index (κ1) is 26.1. The maximum Gasteiger partial charge on any atom is 0.341 e. The summed E-state index contributed by atoms with van der Waals surface area (Å²) in [6.07, 6.45) is 3.46. The van der Waals surface area contributed by atoms with Gasteiger partial charge in [-0.15, -0.1) is 0 Å². The predicted molar refractivity (Wildman–Crippen MR) is 139 cm³/mol. The Labute approximate surface area is 220 Å². The molecule has 2 atom stereocenters. The van der Waals surface area contributed by atoms with Crippen LogP contribution >= 0.6 is 15.9 Å². The second kappa shape index (κ2) is 11.4. The van der Waals surface area contributed by atoms with E-state index in [1.54, 1.807) is 18.2 Å². The molecule has 1 aliphatic rings. The Morgan fingerprint density at radius 2 is 2.03 bits per heavy atom. The molecule has 4 rings (SSSR count). The lowest BCUT2D eigenvalue weighted by Gasteiger charge is -2.38. The van der Waals surface area contributed by atoms with Crippen LogP contribution in [0.4, 0.5) is 5.69 Å². The fraction of sp³-hybridized carbons (Fsp3) is 0.308. The molecule has 36 heavy (non-hydrogen) atoms. The fourth-order valence-corrected chi connectivity index (χ4v) is 5.44. The molecule has 190 valence electrons. The molecule has 1 heterocycles. The minimum Gasteiger partial charge on any atom is -0.755 e. The van der Waals surface area contributed by atoms with Gasteiger partial charge in [-0.3, -0.25) is 8.51 Å². The number of ether oxygens (including phenoxy) is 2. The lowest BCUT2D eigenvalue weighted by Crippen LogP contribution is -2.33. The van der Waals surface area contributed by atoms with Crippen LogP contribution in [0, 0.1) is 0 Å². The maximum absolute atomic E-state index is 12.4. The molecule has 1 N–H and O–H groups in total. The monoisotopic (exact) mass is 573 g/mol. The molecular weight excluding hydrogens is 548 g/mol. The molecule has 0 spiro atoms. The number of hydrogen-bond acceptors (Lipinski definition) is 6. The normalized spacial score (nSPS) is 15.8. The number of anilines is 1. The van der Waals surface area contributed by atoms with Gasteiger partial charge in [0.2, 0.25) is 5.88 Å². The molecule has 0 radical (unpaired) electrons. The van der Waals surface area contributed by atoms with Crippen molar-refractivity contribution >= 4 is 38.9 Å². The summed E-state index contributed by atoms with van der Waals surface area (Å²) in [7, 11) is 0. The molecule has 0 bridgehead atoms. The van der Waals surface area contributed by atoms with Gasteiger partial charge in [0.1, 0.15) is 11.5 Å². The average Bonchev–Trinajstić information content (AvgIpc) is 2.84. The van der Waals surface area contributed by atoms with Crippen molar-refractivity contribution < 1.29 is 28.1 Å². The molecule has 1 aromatic heterocycles. The second-order valence-corrected chi connectivity index (χ2v) is 10.4.